The monoisotopic (exact) mass is 260 g/mol. The maximum atomic E-state index is 5.83. The van der Waals surface area contributed by atoms with Crippen molar-refractivity contribution in [2.24, 2.45) is 0 Å². The van der Waals surface area contributed by atoms with E-state index in [4.69, 9.17) is 26.8 Å². The number of nitrogens with zero attached hydrogens (tertiary/aromatic N) is 3. The van der Waals surface area contributed by atoms with Crippen LogP contribution in [0.5, 0.6) is 0 Å². The van der Waals surface area contributed by atoms with Gasteiger partial charge in [-0.15, -0.1) is 0 Å². The van der Waals surface area contributed by atoms with Gasteiger partial charge in [0.05, 0.1) is 25.1 Å². The molecule has 0 fully saturated rings. The maximum absolute atomic E-state index is 5.83. The highest BCUT2D eigenvalue weighted by Crippen LogP contribution is 2.20. The van der Waals surface area contributed by atoms with E-state index in [1.165, 1.54) is 6.20 Å². The minimum Gasteiger partial charge on any atom is -0.394 e. The number of nitrogen functional groups attached to an aromatic ring is 1. The highest BCUT2D eigenvalue weighted by atomic mass is 35.5. The molecule has 0 aromatic carbocycles. The van der Waals surface area contributed by atoms with Crippen LogP contribution >= 0.6 is 11.6 Å². The molecule has 0 spiro atoms. The number of nitrogens with two attached hydrogens (primary N) is 1. The molecule has 0 saturated carbocycles. The first-order chi connectivity index (χ1) is 8.19. The Morgan fingerprint density at radius 3 is 2.41 bits per heavy atom. The van der Waals surface area contributed by atoms with Crippen molar-refractivity contribution in [2.45, 2.75) is 0 Å². The van der Waals surface area contributed by atoms with Crippen LogP contribution < -0.4 is 10.6 Å². The van der Waals surface area contributed by atoms with Crippen LogP contribution in [0.25, 0.3) is 0 Å². The quantitative estimate of drug-likeness (QED) is 0.732. The van der Waals surface area contributed by atoms with Gasteiger partial charge in [0.2, 0.25) is 5.28 Å². The van der Waals surface area contributed by atoms with Crippen molar-refractivity contribution in [3.63, 3.8) is 0 Å². The van der Waals surface area contributed by atoms with Crippen molar-refractivity contribution >= 4 is 23.1 Å². The van der Waals surface area contributed by atoms with Crippen LogP contribution in [-0.2, 0) is 9.47 Å². The lowest BCUT2D eigenvalue weighted by Crippen LogP contribution is -2.32. The molecule has 0 aliphatic heterocycles. The molecule has 1 rings (SSSR count). The van der Waals surface area contributed by atoms with Gasteiger partial charge < -0.3 is 20.1 Å². The van der Waals surface area contributed by atoms with Gasteiger partial charge in [-0.25, -0.2) is 4.98 Å². The lowest BCUT2D eigenvalue weighted by molar-refractivity contribution is 0.190. The first-order valence-corrected chi connectivity index (χ1v) is 5.57. The van der Waals surface area contributed by atoms with Gasteiger partial charge in [0.1, 0.15) is 0 Å². The smallest absolute Gasteiger partial charge is 0.224 e. The summed E-state index contributed by atoms with van der Waals surface area (Å²) in [5, 5.41) is 0.175. The molecule has 1 aromatic heterocycles. The topological polar surface area (TPSA) is 73.5 Å². The average Bonchev–Trinajstić information content (AvgIpc) is 2.33. The normalized spacial score (nSPS) is 10.5. The van der Waals surface area contributed by atoms with E-state index in [9.17, 15) is 0 Å². The molecule has 0 radical (unpaired) electrons. The van der Waals surface area contributed by atoms with Gasteiger partial charge in [-0.1, -0.05) is 0 Å². The molecule has 7 heteroatoms. The first kappa shape index (κ1) is 14.0. The fourth-order valence-electron chi connectivity index (χ4n) is 1.34. The predicted molar refractivity (Wildman–Crippen MR) is 67.4 cm³/mol. The van der Waals surface area contributed by atoms with Crippen molar-refractivity contribution in [3.05, 3.63) is 11.5 Å². The van der Waals surface area contributed by atoms with E-state index in [0.29, 0.717) is 37.8 Å². The van der Waals surface area contributed by atoms with Crippen LogP contribution in [-0.4, -0.2) is 50.5 Å². The molecule has 2 N–H and O–H groups in total. The third kappa shape index (κ3) is 4.33. The number of anilines is 2. The largest absolute Gasteiger partial charge is 0.394 e. The van der Waals surface area contributed by atoms with Crippen LogP contribution in [0.1, 0.15) is 0 Å². The molecule has 6 nitrogen and oxygen atoms in total. The predicted octanol–water partition coefficient (Wildman–Crippen LogP) is 0.811. The molecule has 0 atom stereocenters. The molecule has 0 aliphatic carbocycles. The third-order valence-corrected chi connectivity index (χ3v) is 2.38. The minimum atomic E-state index is 0.175. The van der Waals surface area contributed by atoms with Gasteiger partial charge in [-0.05, 0) is 11.6 Å². The van der Waals surface area contributed by atoms with Crippen molar-refractivity contribution < 1.29 is 9.47 Å². The first-order valence-electron chi connectivity index (χ1n) is 5.20. The fourth-order valence-corrected chi connectivity index (χ4v) is 1.47. The van der Waals surface area contributed by atoms with E-state index >= 15 is 0 Å². The molecule has 0 aliphatic rings. The Morgan fingerprint density at radius 1 is 1.29 bits per heavy atom. The number of methoxy groups -OCH3 is 2. The van der Waals surface area contributed by atoms with Crippen molar-refractivity contribution in [1.82, 2.24) is 9.97 Å². The Labute approximate surface area is 106 Å². The van der Waals surface area contributed by atoms with Crippen LogP contribution in [0.15, 0.2) is 6.20 Å². The number of aromatic nitrogens is 2. The Hall–Kier alpha value is -1.11. The maximum Gasteiger partial charge on any atom is 0.224 e. The highest BCUT2D eigenvalue weighted by molar-refractivity contribution is 6.28. The summed E-state index contributed by atoms with van der Waals surface area (Å²) in [4.78, 5) is 9.90. The Morgan fingerprint density at radius 2 is 1.88 bits per heavy atom. The van der Waals surface area contributed by atoms with Crippen LogP contribution in [0.4, 0.5) is 11.5 Å². The van der Waals surface area contributed by atoms with Gasteiger partial charge >= 0.3 is 0 Å². The number of hydrogen-bond donors (Lipinski definition) is 1. The second-order valence-corrected chi connectivity index (χ2v) is 3.73. The number of ether oxygens (including phenoxy) is 2. The molecule has 1 aromatic rings. The summed E-state index contributed by atoms with van der Waals surface area (Å²) in [6, 6.07) is 0. The molecule has 96 valence electrons. The summed E-state index contributed by atoms with van der Waals surface area (Å²) in [5.41, 5.74) is 6.31. The molecule has 0 unspecified atom stereocenters. The van der Waals surface area contributed by atoms with E-state index in [2.05, 4.69) is 9.97 Å². The molecule has 0 bridgehead atoms. The van der Waals surface area contributed by atoms with Crippen LogP contribution in [0.3, 0.4) is 0 Å². The lowest BCUT2D eigenvalue weighted by atomic mass is 10.4. The van der Waals surface area contributed by atoms with Gasteiger partial charge in [0.25, 0.3) is 0 Å². The third-order valence-electron chi connectivity index (χ3n) is 2.20. The summed E-state index contributed by atoms with van der Waals surface area (Å²) in [6.07, 6.45) is 1.50. The van der Waals surface area contributed by atoms with Crippen LogP contribution in [0, 0.1) is 0 Å². The second kappa shape index (κ2) is 7.26. The van der Waals surface area contributed by atoms with E-state index in [-0.39, 0.29) is 5.28 Å². The summed E-state index contributed by atoms with van der Waals surface area (Å²) in [7, 11) is 3.29. The highest BCUT2D eigenvalue weighted by Gasteiger charge is 2.12. The summed E-state index contributed by atoms with van der Waals surface area (Å²) in [5.74, 6) is 0.610. The summed E-state index contributed by atoms with van der Waals surface area (Å²) < 4.78 is 10.1. The zero-order chi connectivity index (χ0) is 12.7. The van der Waals surface area contributed by atoms with Crippen LogP contribution in [0.2, 0.25) is 5.28 Å². The van der Waals surface area contributed by atoms with E-state index in [1.54, 1.807) is 14.2 Å². The van der Waals surface area contributed by atoms with Crippen molar-refractivity contribution in [1.29, 1.82) is 0 Å². The Kier molecular flexibility index (Phi) is 5.96. The molecule has 0 saturated heterocycles. The zero-order valence-electron chi connectivity index (χ0n) is 10.0. The Bertz CT molecular complexity index is 343. The van der Waals surface area contributed by atoms with Gasteiger partial charge in [-0.2, -0.15) is 4.98 Å². The van der Waals surface area contributed by atoms with E-state index in [0.717, 1.165) is 0 Å². The SMILES string of the molecule is COCCN(CCOC)c1nc(Cl)ncc1N. The lowest BCUT2D eigenvalue weighted by Gasteiger charge is -2.24. The summed E-state index contributed by atoms with van der Waals surface area (Å²) in [6.45, 7) is 2.48. The Balaban J connectivity index is 2.82. The number of halogens is 1. The zero-order valence-corrected chi connectivity index (χ0v) is 10.8. The van der Waals surface area contributed by atoms with E-state index in [1.807, 2.05) is 4.90 Å². The average molecular weight is 261 g/mol. The molecule has 17 heavy (non-hydrogen) atoms. The van der Waals surface area contributed by atoms with Gasteiger partial charge in [0.15, 0.2) is 5.82 Å². The molecular formula is C10H17ClN4O2. The van der Waals surface area contributed by atoms with E-state index < -0.39 is 0 Å². The molecular weight excluding hydrogens is 244 g/mol. The van der Waals surface area contributed by atoms with Crippen molar-refractivity contribution in [3.8, 4) is 0 Å². The standard InChI is InChI=1S/C10H17ClN4O2/c1-16-5-3-15(4-6-17-2)9-8(12)7-13-10(11)14-9/h7H,3-6,12H2,1-2H3. The second-order valence-electron chi connectivity index (χ2n) is 3.39. The molecule has 1 heterocycles. The van der Waals surface area contributed by atoms with Gasteiger partial charge in [0, 0.05) is 27.3 Å². The fraction of sp³-hybridized carbons (Fsp3) is 0.600. The summed E-state index contributed by atoms with van der Waals surface area (Å²) >= 11 is 5.76. The molecule has 0 amide bonds. The number of rotatable bonds is 7. The van der Waals surface area contributed by atoms with Crippen molar-refractivity contribution in [2.75, 3.05) is 51.2 Å². The number of hydrogen-bond acceptors (Lipinski definition) is 6. The van der Waals surface area contributed by atoms with Gasteiger partial charge in [-0.3, -0.25) is 0 Å². The minimum absolute atomic E-state index is 0.175.